The molecular weight excluding hydrogens is 216 g/mol. The summed E-state index contributed by atoms with van der Waals surface area (Å²) in [5.74, 6) is -0.157. The van der Waals surface area contributed by atoms with Gasteiger partial charge in [-0.15, -0.1) is 0 Å². The number of hydrogen-bond donors (Lipinski definition) is 2. The number of hydrogen-bond acceptors (Lipinski definition) is 2. The minimum Gasteiger partial charge on any atom is -0.351 e. The van der Waals surface area contributed by atoms with Gasteiger partial charge in [0.2, 0.25) is 5.56 Å². The van der Waals surface area contributed by atoms with Gasteiger partial charge in [-0.25, -0.2) is 0 Å². The van der Waals surface area contributed by atoms with E-state index in [-0.39, 0.29) is 11.5 Å². The summed E-state index contributed by atoms with van der Waals surface area (Å²) in [6.07, 6.45) is 6.24. The lowest BCUT2D eigenvalue weighted by atomic mass is 9.67. The van der Waals surface area contributed by atoms with E-state index in [4.69, 9.17) is 0 Å². The van der Waals surface area contributed by atoms with E-state index in [0.29, 0.717) is 11.0 Å². The van der Waals surface area contributed by atoms with Crippen LogP contribution in [0.3, 0.4) is 0 Å². The molecule has 1 aliphatic carbocycles. The highest BCUT2D eigenvalue weighted by Gasteiger charge is 2.35. The molecule has 0 aromatic carbocycles. The summed E-state index contributed by atoms with van der Waals surface area (Å²) >= 11 is 0. The van der Waals surface area contributed by atoms with Gasteiger partial charge < -0.3 is 10.3 Å². The molecule has 2 rings (SSSR count). The Morgan fingerprint density at radius 2 is 2.29 bits per heavy atom. The molecule has 1 saturated carbocycles. The Morgan fingerprint density at radius 1 is 1.53 bits per heavy atom. The standard InChI is InChI=1S/C13H18N2O2/c1-2-13(5-3-6-13)9-15-12(17)10-4-7-14-11(16)8-10/h4,7-8H,2-3,5-6,9H2,1H3,(H,14,16)(H,15,17). The Labute approximate surface area is 100 Å². The number of carbonyl (C=O) groups is 1. The normalized spacial score (nSPS) is 17.2. The summed E-state index contributed by atoms with van der Waals surface area (Å²) in [5.41, 5.74) is 0.488. The zero-order valence-corrected chi connectivity index (χ0v) is 10.1. The van der Waals surface area contributed by atoms with Gasteiger partial charge in [0.15, 0.2) is 0 Å². The number of rotatable bonds is 4. The summed E-state index contributed by atoms with van der Waals surface area (Å²) in [6, 6.07) is 2.95. The molecule has 0 spiro atoms. The average Bonchev–Trinajstić information content (AvgIpc) is 2.28. The molecular formula is C13H18N2O2. The van der Waals surface area contributed by atoms with Crippen molar-refractivity contribution in [2.45, 2.75) is 32.6 Å². The molecule has 1 heterocycles. The molecule has 0 atom stereocenters. The van der Waals surface area contributed by atoms with Crippen molar-refractivity contribution in [3.63, 3.8) is 0 Å². The first-order chi connectivity index (χ1) is 8.15. The van der Waals surface area contributed by atoms with Crippen LogP contribution >= 0.6 is 0 Å². The topological polar surface area (TPSA) is 62.0 Å². The van der Waals surface area contributed by atoms with E-state index in [0.717, 1.165) is 13.0 Å². The van der Waals surface area contributed by atoms with Crippen molar-refractivity contribution in [3.05, 3.63) is 34.2 Å². The lowest BCUT2D eigenvalue weighted by Crippen LogP contribution is -2.41. The summed E-state index contributed by atoms with van der Waals surface area (Å²) in [4.78, 5) is 25.4. The molecule has 0 aliphatic heterocycles. The Balaban J connectivity index is 1.95. The second-order valence-electron chi connectivity index (χ2n) is 4.83. The van der Waals surface area contributed by atoms with Crippen LogP contribution in [0.4, 0.5) is 0 Å². The molecule has 4 nitrogen and oxygen atoms in total. The van der Waals surface area contributed by atoms with Gasteiger partial charge in [-0.2, -0.15) is 0 Å². The fourth-order valence-corrected chi connectivity index (χ4v) is 2.29. The van der Waals surface area contributed by atoms with E-state index in [9.17, 15) is 9.59 Å². The van der Waals surface area contributed by atoms with Gasteiger partial charge in [0, 0.05) is 24.4 Å². The maximum absolute atomic E-state index is 11.8. The summed E-state index contributed by atoms with van der Waals surface area (Å²) in [6.45, 7) is 2.88. The SMILES string of the molecule is CCC1(CNC(=O)c2cc[nH]c(=O)c2)CCC1. The zero-order chi connectivity index (χ0) is 12.3. The summed E-state index contributed by atoms with van der Waals surface area (Å²) in [7, 11) is 0. The largest absolute Gasteiger partial charge is 0.351 e. The van der Waals surface area contributed by atoms with E-state index >= 15 is 0 Å². The van der Waals surface area contributed by atoms with Crippen LogP contribution in [0.15, 0.2) is 23.1 Å². The molecule has 1 fully saturated rings. The Kier molecular flexibility index (Phi) is 3.31. The monoisotopic (exact) mass is 234 g/mol. The van der Waals surface area contributed by atoms with Gasteiger partial charge in [0.05, 0.1) is 0 Å². The predicted molar refractivity (Wildman–Crippen MR) is 66.0 cm³/mol. The molecule has 1 aromatic heterocycles. The van der Waals surface area contributed by atoms with Crippen molar-refractivity contribution in [2.75, 3.05) is 6.54 Å². The highest BCUT2D eigenvalue weighted by Crippen LogP contribution is 2.43. The maximum Gasteiger partial charge on any atom is 0.251 e. The molecule has 1 aromatic rings. The van der Waals surface area contributed by atoms with Crippen molar-refractivity contribution in [2.24, 2.45) is 5.41 Å². The third-order valence-corrected chi connectivity index (χ3v) is 3.83. The molecule has 92 valence electrons. The summed E-state index contributed by atoms with van der Waals surface area (Å²) in [5, 5.41) is 2.93. The number of aromatic nitrogens is 1. The van der Waals surface area contributed by atoms with Gasteiger partial charge in [-0.3, -0.25) is 9.59 Å². The highest BCUT2D eigenvalue weighted by atomic mass is 16.2. The second-order valence-corrected chi connectivity index (χ2v) is 4.83. The first-order valence-electron chi connectivity index (χ1n) is 6.12. The summed E-state index contributed by atoms with van der Waals surface area (Å²) < 4.78 is 0. The first kappa shape index (κ1) is 11.9. The van der Waals surface area contributed by atoms with Crippen LogP contribution < -0.4 is 10.9 Å². The van der Waals surface area contributed by atoms with Gasteiger partial charge in [-0.1, -0.05) is 13.3 Å². The smallest absolute Gasteiger partial charge is 0.251 e. The molecule has 0 unspecified atom stereocenters. The van der Waals surface area contributed by atoms with Crippen LogP contribution in [-0.2, 0) is 0 Å². The third-order valence-electron chi connectivity index (χ3n) is 3.83. The first-order valence-corrected chi connectivity index (χ1v) is 6.12. The Bertz CT molecular complexity index is 455. The van der Waals surface area contributed by atoms with E-state index in [1.807, 2.05) is 0 Å². The Morgan fingerprint density at radius 3 is 2.82 bits per heavy atom. The van der Waals surface area contributed by atoms with Gasteiger partial charge >= 0.3 is 0 Å². The fourth-order valence-electron chi connectivity index (χ4n) is 2.29. The second kappa shape index (κ2) is 4.73. The quantitative estimate of drug-likeness (QED) is 0.832. The molecule has 0 bridgehead atoms. The molecule has 1 amide bonds. The number of aromatic amines is 1. The fraction of sp³-hybridized carbons (Fsp3) is 0.538. The molecule has 4 heteroatoms. The molecule has 0 saturated heterocycles. The predicted octanol–water partition coefficient (Wildman–Crippen LogP) is 1.69. The molecule has 17 heavy (non-hydrogen) atoms. The van der Waals surface area contributed by atoms with Crippen LogP contribution in [0.5, 0.6) is 0 Å². The van der Waals surface area contributed by atoms with Crippen molar-refractivity contribution in [3.8, 4) is 0 Å². The lowest BCUT2D eigenvalue weighted by molar-refractivity contribution is 0.0850. The van der Waals surface area contributed by atoms with Crippen LogP contribution in [0, 0.1) is 5.41 Å². The average molecular weight is 234 g/mol. The van der Waals surface area contributed by atoms with Crippen LogP contribution in [0.1, 0.15) is 43.0 Å². The maximum atomic E-state index is 11.8. The number of H-pyrrole nitrogens is 1. The van der Waals surface area contributed by atoms with Crippen molar-refractivity contribution in [1.82, 2.24) is 10.3 Å². The third kappa shape index (κ3) is 2.57. The molecule has 1 aliphatic rings. The minimum atomic E-state index is -0.244. The van der Waals surface area contributed by atoms with Crippen LogP contribution in [0.25, 0.3) is 0 Å². The zero-order valence-electron chi connectivity index (χ0n) is 10.1. The number of amides is 1. The van der Waals surface area contributed by atoms with Gasteiger partial charge in [0.1, 0.15) is 0 Å². The van der Waals surface area contributed by atoms with Crippen molar-refractivity contribution >= 4 is 5.91 Å². The van der Waals surface area contributed by atoms with E-state index in [2.05, 4.69) is 17.2 Å². The molecule has 0 radical (unpaired) electrons. The van der Waals surface area contributed by atoms with E-state index in [1.165, 1.54) is 31.5 Å². The lowest BCUT2D eigenvalue weighted by Gasteiger charge is -2.41. The minimum absolute atomic E-state index is 0.157. The highest BCUT2D eigenvalue weighted by molar-refractivity contribution is 5.93. The number of pyridine rings is 1. The number of nitrogens with one attached hydrogen (secondary N) is 2. The van der Waals surface area contributed by atoms with Crippen LogP contribution in [0.2, 0.25) is 0 Å². The van der Waals surface area contributed by atoms with Crippen LogP contribution in [-0.4, -0.2) is 17.4 Å². The van der Waals surface area contributed by atoms with E-state index in [1.54, 1.807) is 6.07 Å². The van der Waals surface area contributed by atoms with Gasteiger partial charge in [0.25, 0.3) is 5.91 Å². The Hall–Kier alpha value is -1.58. The van der Waals surface area contributed by atoms with Gasteiger partial charge in [-0.05, 0) is 30.7 Å². The van der Waals surface area contributed by atoms with Crippen molar-refractivity contribution < 1.29 is 4.79 Å². The number of carbonyl (C=O) groups excluding carboxylic acids is 1. The molecule has 2 N–H and O–H groups in total. The van der Waals surface area contributed by atoms with E-state index < -0.39 is 0 Å². The van der Waals surface area contributed by atoms with Crippen molar-refractivity contribution in [1.29, 1.82) is 0 Å².